The van der Waals surface area contributed by atoms with E-state index in [1.165, 1.54) is 13.0 Å². The maximum atomic E-state index is 5.85. The number of fused-ring (bicyclic) bond motifs is 1. The lowest BCUT2D eigenvalue weighted by molar-refractivity contribution is 0.00833. The van der Waals surface area contributed by atoms with Crippen LogP contribution in [0.1, 0.15) is 6.42 Å². The van der Waals surface area contributed by atoms with E-state index in [9.17, 15) is 0 Å². The van der Waals surface area contributed by atoms with Gasteiger partial charge in [-0.1, -0.05) is 0 Å². The zero-order valence-electron chi connectivity index (χ0n) is 6.79. The molecule has 2 bridgehead atoms. The van der Waals surface area contributed by atoms with Crippen LogP contribution in [-0.2, 0) is 4.74 Å². The first-order chi connectivity index (χ1) is 5.40. The molecule has 3 heteroatoms. The molecular formula is C8H14N2O. The van der Waals surface area contributed by atoms with Gasteiger partial charge in [0.1, 0.15) is 0 Å². The predicted molar refractivity (Wildman–Crippen MR) is 41.5 cm³/mol. The van der Waals surface area contributed by atoms with E-state index in [1.54, 1.807) is 0 Å². The van der Waals surface area contributed by atoms with Crippen LogP contribution in [0.2, 0.25) is 0 Å². The molecule has 0 aromatic rings. The fourth-order valence-corrected chi connectivity index (χ4v) is 2.94. The Labute approximate surface area is 66.7 Å². The molecule has 3 fully saturated rings. The van der Waals surface area contributed by atoms with Gasteiger partial charge >= 0.3 is 0 Å². The average molecular weight is 154 g/mol. The van der Waals surface area contributed by atoms with Crippen LogP contribution in [0.15, 0.2) is 0 Å². The molecule has 0 unspecified atom stereocenters. The second-order valence-electron chi connectivity index (χ2n) is 3.80. The van der Waals surface area contributed by atoms with Gasteiger partial charge in [0.25, 0.3) is 0 Å². The van der Waals surface area contributed by atoms with Gasteiger partial charge in [0, 0.05) is 13.1 Å². The summed E-state index contributed by atoms with van der Waals surface area (Å²) in [6, 6.07) is 1.31. The van der Waals surface area contributed by atoms with Gasteiger partial charge in [0.05, 0.1) is 24.3 Å². The van der Waals surface area contributed by atoms with Crippen molar-refractivity contribution in [2.45, 2.75) is 30.7 Å². The molecule has 0 saturated carbocycles. The van der Waals surface area contributed by atoms with Crippen molar-refractivity contribution < 1.29 is 4.74 Å². The Kier molecular flexibility index (Phi) is 1.15. The molecule has 0 aromatic carbocycles. The highest BCUT2D eigenvalue weighted by atomic mass is 16.5. The number of hydrogen-bond donors (Lipinski definition) is 1. The molecule has 3 saturated heterocycles. The zero-order valence-corrected chi connectivity index (χ0v) is 6.79. The van der Waals surface area contributed by atoms with Crippen molar-refractivity contribution in [3.05, 3.63) is 0 Å². The number of nitrogens with zero attached hydrogens (tertiary/aromatic N) is 1. The number of rotatable bonds is 1. The van der Waals surface area contributed by atoms with E-state index < -0.39 is 0 Å². The van der Waals surface area contributed by atoms with Crippen LogP contribution in [0, 0.1) is 0 Å². The Morgan fingerprint density at radius 1 is 1.45 bits per heavy atom. The lowest BCUT2D eigenvalue weighted by Crippen LogP contribution is -2.40. The number of likely N-dealkylation sites (N-methyl/N-ethyl adjacent to an activating group) is 1. The van der Waals surface area contributed by atoms with Gasteiger partial charge in [-0.2, -0.15) is 0 Å². The molecule has 3 nitrogen and oxygen atoms in total. The molecule has 0 amide bonds. The number of nitrogens with one attached hydrogen (secondary N) is 1. The van der Waals surface area contributed by atoms with E-state index in [1.807, 2.05) is 7.05 Å². The molecule has 4 atom stereocenters. The minimum atomic E-state index is 0.484. The van der Waals surface area contributed by atoms with Crippen LogP contribution >= 0.6 is 0 Å². The number of ether oxygens (including phenoxy) is 1. The van der Waals surface area contributed by atoms with Crippen molar-refractivity contribution in [3.8, 4) is 0 Å². The summed E-state index contributed by atoms with van der Waals surface area (Å²) in [5, 5.41) is 3.36. The molecule has 0 aromatic heterocycles. The van der Waals surface area contributed by atoms with E-state index in [2.05, 4.69) is 10.2 Å². The summed E-state index contributed by atoms with van der Waals surface area (Å²) in [6.45, 7) is 2.41. The van der Waals surface area contributed by atoms with E-state index in [0.29, 0.717) is 24.3 Å². The highest BCUT2D eigenvalue weighted by Crippen LogP contribution is 2.39. The topological polar surface area (TPSA) is 24.5 Å². The third-order valence-corrected chi connectivity index (χ3v) is 3.37. The Hall–Kier alpha value is -0.120. The Balaban J connectivity index is 1.93. The van der Waals surface area contributed by atoms with Gasteiger partial charge in [-0.3, -0.25) is 4.90 Å². The number of hydrogen-bond acceptors (Lipinski definition) is 3. The normalized spacial score (nSPS) is 54.3. The maximum Gasteiger partial charge on any atom is 0.0875 e. The minimum Gasteiger partial charge on any atom is -0.370 e. The van der Waals surface area contributed by atoms with Gasteiger partial charge in [-0.05, 0) is 13.5 Å². The molecule has 0 spiro atoms. The summed E-state index contributed by atoms with van der Waals surface area (Å²) in [5.41, 5.74) is 0. The Morgan fingerprint density at radius 2 is 2.36 bits per heavy atom. The first-order valence-corrected chi connectivity index (χ1v) is 4.47. The smallest absolute Gasteiger partial charge is 0.0875 e. The fraction of sp³-hybridized carbons (Fsp3) is 1.00. The Bertz CT molecular complexity index is 171. The van der Waals surface area contributed by atoms with Crippen LogP contribution in [0.3, 0.4) is 0 Å². The van der Waals surface area contributed by atoms with E-state index >= 15 is 0 Å². The van der Waals surface area contributed by atoms with E-state index in [-0.39, 0.29) is 0 Å². The minimum absolute atomic E-state index is 0.484. The summed E-state index contributed by atoms with van der Waals surface area (Å²) < 4.78 is 5.85. The lowest BCUT2D eigenvalue weighted by atomic mass is 10.1. The highest BCUT2D eigenvalue weighted by Gasteiger charge is 2.56. The van der Waals surface area contributed by atoms with Crippen LogP contribution in [-0.4, -0.2) is 49.3 Å². The molecule has 3 rings (SSSR count). The summed E-state index contributed by atoms with van der Waals surface area (Å²) in [5.74, 6) is 0. The summed E-state index contributed by atoms with van der Waals surface area (Å²) in [4.78, 5) is 2.57. The predicted octanol–water partition coefficient (Wildman–Crippen LogP) is -0.570. The van der Waals surface area contributed by atoms with Crippen molar-refractivity contribution in [2.24, 2.45) is 0 Å². The molecular weight excluding hydrogens is 140 g/mol. The van der Waals surface area contributed by atoms with Crippen LogP contribution in [0.4, 0.5) is 0 Å². The largest absolute Gasteiger partial charge is 0.370 e. The van der Waals surface area contributed by atoms with Crippen LogP contribution < -0.4 is 5.32 Å². The summed E-state index contributed by atoms with van der Waals surface area (Å²) >= 11 is 0. The zero-order chi connectivity index (χ0) is 7.42. The molecule has 0 aliphatic carbocycles. The second kappa shape index (κ2) is 1.97. The summed E-state index contributed by atoms with van der Waals surface area (Å²) in [6.07, 6.45) is 2.28. The van der Waals surface area contributed by atoms with Crippen LogP contribution in [0.25, 0.3) is 0 Å². The molecule has 3 aliphatic heterocycles. The van der Waals surface area contributed by atoms with Gasteiger partial charge in [0.15, 0.2) is 0 Å². The van der Waals surface area contributed by atoms with Crippen molar-refractivity contribution >= 4 is 0 Å². The molecule has 3 heterocycles. The summed E-state index contributed by atoms with van der Waals surface area (Å²) in [7, 11) is 2.05. The molecule has 0 radical (unpaired) electrons. The molecule has 62 valence electrons. The average Bonchev–Trinajstić information content (AvgIpc) is 2.55. The van der Waals surface area contributed by atoms with Crippen LogP contribution in [0.5, 0.6) is 0 Å². The maximum absolute atomic E-state index is 5.85. The third kappa shape index (κ3) is 0.643. The van der Waals surface area contributed by atoms with E-state index in [4.69, 9.17) is 4.74 Å². The molecule has 11 heavy (non-hydrogen) atoms. The Morgan fingerprint density at radius 3 is 3.00 bits per heavy atom. The monoisotopic (exact) mass is 154 g/mol. The van der Waals surface area contributed by atoms with Crippen molar-refractivity contribution in [1.82, 2.24) is 10.2 Å². The van der Waals surface area contributed by atoms with Crippen molar-refractivity contribution in [1.29, 1.82) is 0 Å². The SMILES string of the molecule is CN[C@H]1[C@@H]2[C@H]3CCN2C[C@@H]1O3. The number of morpholine rings is 1. The van der Waals surface area contributed by atoms with Crippen molar-refractivity contribution in [2.75, 3.05) is 20.1 Å². The van der Waals surface area contributed by atoms with Gasteiger partial charge < -0.3 is 10.1 Å². The quantitative estimate of drug-likeness (QED) is 0.547. The molecule has 3 aliphatic rings. The lowest BCUT2D eigenvalue weighted by Gasteiger charge is -2.21. The standard InChI is InChI=1S/C8H14N2O/c1-9-7-6-4-10-3-2-5(11-6)8(7)10/h5-9H,2-4H2,1H3/t5-,6+,7-,8+/m1/s1. The highest BCUT2D eigenvalue weighted by molar-refractivity contribution is 5.11. The van der Waals surface area contributed by atoms with Crippen molar-refractivity contribution in [3.63, 3.8) is 0 Å². The first kappa shape index (κ1) is 6.40. The fourth-order valence-electron chi connectivity index (χ4n) is 2.94. The van der Waals surface area contributed by atoms with E-state index in [0.717, 1.165) is 6.54 Å². The molecule has 1 N–H and O–H groups in total. The second-order valence-corrected chi connectivity index (χ2v) is 3.80. The first-order valence-electron chi connectivity index (χ1n) is 4.47. The third-order valence-electron chi connectivity index (χ3n) is 3.37. The van der Waals surface area contributed by atoms with Gasteiger partial charge in [-0.25, -0.2) is 0 Å². The van der Waals surface area contributed by atoms with Gasteiger partial charge in [-0.15, -0.1) is 0 Å². The van der Waals surface area contributed by atoms with Gasteiger partial charge in [0.2, 0.25) is 0 Å².